The van der Waals surface area contributed by atoms with Crippen molar-refractivity contribution in [1.29, 1.82) is 0 Å². The second-order valence-corrected chi connectivity index (χ2v) is 16.7. The van der Waals surface area contributed by atoms with Crippen LogP contribution in [0.5, 0.6) is 23.0 Å². The predicted octanol–water partition coefficient (Wildman–Crippen LogP) is 8.16. The molecule has 0 saturated carbocycles. The standard InChI is InChI=1S/C48H54FN5O11S/c1-3-8-37-40(62-24-7-25-63-42-28-39(55)38(27-31(42)4-2)32-11-16-36(49)17-12-32)18-13-33-14-19-41(65-46(33)37)48(58)50-22-21-45(56)64-26-23-51-47(57)35-15-20-44(52-29-35)54-53-30-34-9-5-6-10-43(34)66(59,60)61/h5-6,9-13,15-18,20,27-30,41,55,59-61H,3-4,7-8,14,19,21-26H2,1-2H3,(H,50,58)(H,51,57)(H,52,54)/b53-30+. The van der Waals surface area contributed by atoms with Gasteiger partial charge < -0.3 is 48.3 Å². The first-order chi connectivity index (χ1) is 31.8. The number of aryl methyl sites for hydroxylation is 2. The molecule has 18 heteroatoms. The number of hydrogen-bond acceptors (Lipinski definition) is 14. The number of rotatable bonds is 22. The zero-order valence-corrected chi connectivity index (χ0v) is 37.4. The van der Waals surface area contributed by atoms with Crippen LogP contribution in [0.25, 0.3) is 11.1 Å². The van der Waals surface area contributed by atoms with Crippen molar-refractivity contribution < 1.29 is 56.5 Å². The lowest BCUT2D eigenvalue weighted by Crippen LogP contribution is -2.41. The Balaban J connectivity index is 0.892. The summed E-state index contributed by atoms with van der Waals surface area (Å²) >= 11 is 0. The number of amides is 2. The summed E-state index contributed by atoms with van der Waals surface area (Å²) < 4.78 is 66.0. The number of aromatic hydroxyl groups is 1. The van der Waals surface area contributed by atoms with E-state index in [9.17, 15) is 37.5 Å². The van der Waals surface area contributed by atoms with Gasteiger partial charge in [-0.25, -0.2) is 9.37 Å². The first-order valence-corrected chi connectivity index (χ1v) is 23.1. The fourth-order valence-electron chi connectivity index (χ4n) is 7.11. The summed E-state index contributed by atoms with van der Waals surface area (Å²) in [4.78, 5) is 42.2. The third-order valence-electron chi connectivity index (χ3n) is 10.4. The van der Waals surface area contributed by atoms with Crippen LogP contribution in [0, 0.1) is 5.82 Å². The van der Waals surface area contributed by atoms with Gasteiger partial charge in [-0.05, 0) is 84.8 Å². The molecule has 0 saturated heterocycles. The van der Waals surface area contributed by atoms with Crippen LogP contribution in [0.2, 0.25) is 0 Å². The SMILES string of the molecule is CCCc1c(OCCCOc2cc(O)c(-c3ccc(F)cc3)cc2CC)ccc2c1OC(C(=O)NCCC(=O)OCCNC(=O)c1ccc(N/N=C/c3ccccc3S(O)(O)O)nc1)CC2. The fourth-order valence-corrected chi connectivity index (χ4v) is 7.81. The van der Waals surface area contributed by atoms with E-state index in [1.165, 1.54) is 42.7 Å². The number of pyridine rings is 1. The molecule has 66 heavy (non-hydrogen) atoms. The van der Waals surface area contributed by atoms with Crippen LogP contribution in [-0.4, -0.2) is 86.8 Å². The van der Waals surface area contributed by atoms with E-state index in [1.54, 1.807) is 36.4 Å². The number of aromatic nitrogens is 1. The number of phenols is 1. The number of anilines is 1. The molecule has 0 radical (unpaired) electrons. The quantitative estimate of drug-likeness (QED) is 0.0151. The molecule has 0 spiro atoms. The van der Waals surface area contributed by atoms with Crippen molar-refractivity contribution in [2.45, 2.75) is 69.8 Å². The number of carbonyl (C=O) groups is 3. The molecule has 1 aliphatic heterocycles. The van der Waals surface area contributed by atoms with Gasteiger partial charge in [-0.3, -0.25) is 19.8 Å². The highest BCUT2D eigenvalue weighted by molar-refractivity contribution is 8.19. The number of nitrogens with one attached hydrogen (secondary N) is 3. The van der Waals surface area contributed by atoms with Crippen LogP contribution < -0.4 is 30.3 Å². The molecule has 4 aromatic carbocycles. The van der Waals surface area contributed by atoms with Gasteiger partial charge in [0.2, 0.25) is 0 Å². The average Bonchev–Trinajstić information content (AvgIpc) is 3.31. The van der Waals surface area contributed by atoms with E-state index in [1.807, 2.05) is 25.1 Å². The van der Waals surface area contributed by atoms with Crippen molar-refractivity contribution in [2.24, 2.45) is 5.10 Å². The van der Waals surface area contributed by atoms with Crippen molar-refractivity contribution in [3.05, 3.63) is 125 Å². The Bertz CT molecular complexity index is 2480. The third-order valence-corrected chi connectivity index (χ3v) is 11.4. The minimum Gasteiger partial charge on any atom is -0.507 e. The highest BCUT2D eigenvalue weighted by atomic mass is 32.3. The average molecular weight is 928 g/mol. The van der Waals surface area contributed by atoms with Crippen LogP contribution in [0.15, 0.2) is 101 Å². The highest BCUT2D eigenvalue weighted by Crippen LogP contribution is 2.45. The van der Waals surface area contributed by atoms with Gasteiger partial charge in [-0.2, -0.15) is 5.10 Å². The van der Waals surface area contributed by atoms with Gasteiger partial charge in [0.05, 0.1) is 42.9 Å². The van der Waals surface area contributed by atoms with Crippen LogP contribution in [0.4, 0.5) is 10.2 Å². The van der Waals surface area contributed by atoms with E-state index in [4.69, 9.17) is 18.9 Å². The zero-order valence-electron chi connectivity index (χ0n) is 36.6. The number of phenolic OH excluding ortho intramolecular Hbond substituents is 1. The summed E-state index contributed by atoms with van der Waals surface area (Å²) in [5.41, 5.74) is 7.30. The monoisotopic (exact) mass is 927 g/mol. The number of nitrogens with zero attached hydrogens (tertiary/aromatic N) is 2. The molecule has 0 bridgehead atoms. The Labute approximate surface area is 383 Å². The molecule has 7 N–H and O–H groups in total. The smallest absolute Gasteiger partial charge is 0.307 e. The van der Waals surface area contributed by atoms with E-state index in [0.29, 0.717) is 79.5 Å². The molecule has 1 aromatic heterocycles. The van der Waals surface area contributed by atoms with Crippen molar-refractivity contribution in [1.82, 2.24) is 15.6 Å². The predicted molar refractivity (Wildman–Crippen MR) is 248 cm³/mol. The largest absolute Gasteiger partial charge is 0.507 e. The van der Waals surface area contributed by atoms with Crippen molar-refractivity contribution in [2.75, 3.05) is 38.3 Å². The molecule has 5 aromatic rings. The van der Waals surface area contributed by atoms with E-state index in [0.717, 1.165) is 23.1 Å². The molecule has 16 nitrogen and oxygen atoms in total. The minimum absolute atomic E-state index is 0.0380. The maximum Gasteiger partial charge on any atom is 0.307 e. The van der Waals surface area contributed by atoms with Crippen LogP contribution in [0.3, 0.4) is 0 Å². The first kappa shape index (κ1) is 48.7. The molecule has 2 amide bonds. The topological polar surface area (TPSA) is 230 Å². The Morgan fingerprint density at radius 1 is 0.924 bits per heavy atom. The maximum absolute atomic E-state index is 13.5. The molecule has 1 aliphatic rings. The molecule has 350 valence electrons. The number of esters is 1. The number of carbonyl (C=O) groups excluding carboxylic acids is 3. The first-order valence-electron chi connectivity index (χ1n) is 21.6. The normalized spacial score (nSPS) is 13.6. The Morgan fingerprint density at radius 2 is 1.70 bits per heavy atom. The van der Waals surface area contributed by atoms with Gasteiger partial charge in [0.1, 0.15) is 52.1 Å². The number of halogens is 1. The van der Waals surface area contributed by atoms with Gasteiger partial charge >= 0.3 is 5.97 Å². The van der Waals surface area contributed by atoms with Gasteiger partial charge in [0.15, 0.2) is 6.10 Å². The molecule has 2 heterocycles. The van der Waals surface area contributed by atoms with Crippen molar-refractivity contribution in [3.8, 4) is 34.1 Å². The van der Waals surface area contributed by atoms with Gasteiger partial charge in [0.25, 0.3) is 11.8 Å². The second kappa shape index (κ2) is 23.5. The summed E-state index contributed by atoms with van der Waals surface area (Å²) in [7, 11) is -3.93. The molecule has 1 atom stereocenters. The third kappa shape index (κ3) is 13.4. The summed E-state index contributed by atoms with van der Waals surface area (Å²) in [6.07, 6.45) is 5.61. The highest BCUT2D eigenvalue weighted by Gasteiger charge is 2.29. The zero-order chi connectivity index (χ0) is 47.1. The summed E-state index contributed by atoms with van der Waals surface area (Å²) in [6.45, 7) is 4.75. The Hall–Kier alpha value is -6.73. The Kier molecular flexibility index (Phi) is 17.3. The molecular weight excluding hydrogens is 874 g/mol. The lowest BCUT2D eigenvalue weighted by Gasteiger charge is -2.28. The lowest BCUT2D eigenvalue weighted by molar-refractivity contribution is -0.143. The van der Waals surface area contributed by atoms with Crippen LogP contribution in [0.1, 0.15) is 72.1 Å². The van der Waals surface area contributed by atoms with Gasteiger partial charge in [-0.1, -0.05) is 56.7 Å². The second-order valence-electron chi connectivity index (χ2n) is 15.2. The number of ether oxygens (including phenoxy) is 4. The van der Waals surface area contributed by atoms with Crippen molar-refractivity contribution >= 4 is 40.7 Å². The molecular formula is C48H54FN5O11S. The van der Waals surface area contributed by atoms with E-state index < -0.39 is 28.9 Å². The molecule has 0 aliphatic carbocycles. The van der Waals surface area contributed by atoms with E-state index in [-0.39, 0.29) is 59.6 Å². The number of hydrazone groups is 1. The van der Waals surface area contributed by atoms with E-state index >= 15 is 0 Å². The maximum atomic E-state index is 13.5. The van der Waals surface area contributed by atoms with Gasteiger partial charge in [-0.15, -0.1) is 0 Å². The molecule has 6 rings (SSSR count). The number of benzene rings is 4. The number of hydrogen-bond donors (Lipinski definition) is 7. The molecule has 0 fully saturated rings. The minimum atomic E-state index is -3.93. The summed E-state index contributed by atoms with van der Waals surface area (Å²) in [5.74, 6) is 0.543. The Morgan fingerprint density at radius 3 is 2.42 bits per heavy atom. The lowest BCUT2D eigenvalue weighted by atomic mass is 9.96. The number of fused-ring (bicyclic) bond motifs is 1. The fraction of sp³-hybridized carbons (Fsp3) is 0.312. The van der Waals surface area contributed by atoms with Crippen molar-refractivity contribution in [3.63, 3.8) is 0 Å². The van der Waals surface area contributed by atoms with Crippen LogP contribution in [-0.2, 0) is 33.6 Å². The summed E-state index contributed by atoms with van der Waals surface area (Å²) in [5, 5.41) is 20.1. The summed E-state index contributed by atoms with van der Waals surface area (Å²) in [6, 6.07) is 22.4. The van der Waals surface area contributed by atoms with Gasteiger partial charge in [0, 0.05) is 41.9 Å². The van der Waals surface area contributed by atoms with E-state index in [2.05, 4.69) is 33.1 Å². The molecule has 1 unspecified atom stereocenters. The van der Waals surface area contributed by atoms with Crippen LogP contribution >= 0.6 is 10.9 Å².